The van der Waals surface area contributed by atoms with E-state index in [1.165, 1.54) is 18.5 Å². The topological polar surface area (TPSA) is 46.3 Å². The second-order valence-corrected chi connectivity index (χ2v) is 6.32. The molecule has 1 aliphatic rings. The van der Waals surface area contributed by atoms with Crippen LogP contribution in [0.4, 0.5) is 0 Å². The number of piperidine rings is 1. The van der Waals surface area contributed by atoms with Crippen LogP contribution in [0, 0.1) is 6.92 Å². The van der Waals surface area contributed by atoms with Gasteiger partial charge in [-0.15, -0.1) is 0 Å². The molecule has 0 bridgehead atoms. The maximum Gasteiger partial charge on any atom is 0.155 e. The Morgan fingerprint density at radius 1 is 1.17 bits per heavy atom. The van der Waals surface area contributed by atoms with Gasteiger partial charge < -0.3 is 0 Å². The SMILES string of the molecule is Cc1cc2nccc(C3CCCN(Cc4ccccn4)C3)n2n1. The van der Waals surface area contributed by atoms with Crippen LogP contribution in [0.2, 0.25) is 0 Å². The van der Waals surface area contributed by atoms with E-state index in [2.05, 4.69) is 38.2 Å². The molecule has 0 aliphatic carbocycles. The number of nitrogens with zero attached hydrogens (tertiary/aromatic N) is 5. The maximum absolute atomic E-state index is 4.62. The normalized spacial score (nSPS) is 19.3. The molecule has 3 aromatic rings. The van der Waals surface area contributed by atoms with Crippen LogP contribution >= 0.6 is 0 Å². The van der Waals surface area contributed by atoms with Gasteiger partial charge in [0.1, 0.15) is 0 Å². The molecule has 5 nitrogen and oxygen atoms in total. The summed E-state index contributed by atoms with van der Waals surface area (Å²) < 4.78 is 2.02. The van der Waals surface area contributed by atoms with Gasteiger partial charge in [-0.2, -0.15) is 5.10 Å². The Bertz CT molecular complexity index is 796. The van der Waals surface area contributed by atoms with Crippen LogP contribution < -0.4 is 0 Å². The first-order valence-corrected chi connectivity index (χ1v) is 8.23. The number of aromatic nitrogens is 4. The van der Waals surface area contributed by atoms with Gasteiger partial charge in [-0.3, -0.25) is 9.88 Å². The first kappa shape index (κ1) is 14.3. The summed E-state index contributed by atoms with van der Waals surface area (Å²) in [5.74, 6) is 0.497. The molecule has 5 heteroatoms. The van der Waals surface area contributed by atoms with E-state index in [1.54, 1.807) is 0 Å². The summed E-state index contributed by atoms with van der Waals surface area (Å²) in [6, 6.07) is 10.3. The van der Waals surface area contributed by atoms with Crippen molar-refractivity contribution >= 4 is 5.65 Å². The molecule has 1 aliphatic heterocycles. The quantitative estimate of drug-likeness (QED) is 0.746. The fourth-order valence-corrected chi connectivity index (χ4v) is 3.50. The van der Waals surface area contributed by atoms with Crippen molar-refractivity contribution in [2.75, 3.05) is 13.1 Å². The van der Waals surface area contributed by atoms with Gasteiger partial charge in [-0.1, -0.05) is 6.07 Å². The fraction of sp³-hybridized carbons (Fsp3) is 0.389. The van der Waals surface area contributed by atoms with E-state index >= 15 is 0 Å². The second kappa shape index (κ2) is 6.08. The zero-order chi connectivity index (χ0) is 15.6. The lowest BCUT2D eigenvalue weighted by atomic mass is 9.94. The molecule has 1 fully saturated rings. The molecule has 1 atom stereocenters. The molecule has 0 amide bonds. The van der Waals surface area contributed by atoms with E-state index in [4.69, 9.17) is 0 Å². The molecule has 1 unspecified atom stereocenters. The van der Waals surface area contributed by atoms with E-state index in [9.17, 15) is 0 Å². The van der Waals surface area contributed by atoms with E-state index in [0.29, 0.717) is 5.92 Å². The summed E-state index contributed by atoms with van der Waals surface area (Å²) in [6.07, 6.45) is 6.19. The van der Waals surface area contributed by atoms with Gasteiger partial charge in [0.25, 0.3) is 0 Å². The summed E-state index contributed by atoms with van der Waals surface area (Å²) in [5, 5.41) is 4.62. The minimum absolute atomic E-state index is 0.497. The number of pyridine rings is 1. The minimum atomic E-state index is 0.497. The molecular formula is C18H21N5. The average molecular weight is 307 g/mol. The van der Waals surface area contributed by atoms with Crippen LogP contribution in [0.3, 0.4) is 0 Å². The van der Waals surface area contributed by atoms with Crippen LogP contribution in [0.25, 0.3) is 5.65 Å². The molecule has 3 aromatic heterocycles. The van der Waals surface area contributed by atoms with Gasteiger partial charge >= 0.3 is 0 Å². The van der Waals surface area contributed by atoms with Crippen molar-refractivity contribution in [3.05, 3.63) is 59.8 Å². The Balaban J connectivity index is 1.56. The molecule has 4 heterocycles. The van der Waals surface area contributed by atoms with Crippen molar-refractivity contribution in [3.63, 3.8) is 0 Å². The van der Waals surface area contributed by atoms with Gasteiger partial charge in [0.05, 0.1) is 17.1 Å². The van der Waals surface area contributed by atoms with Crippen molar-refractivity contribution in [2.24, 2.45) is 0 Å². The summed E-state index contributed by atoms with van der Waals surface area (Å²) in [7, 11) is 0. The Labute approximate surface area is 136 Å². The molecule has 0 radical (unpaired) electrons. The third-order valence-corrected chi connectivity index (χ3v) is 4.54. The molecule has 0 N–H and O–H groups in total. The van der Waals surface area contributed by atoms with E-state index in [0.717, 1.165) is 36.7 Å². The van der Waals surface area contributed by atoms with Crippen LogP contribution in [-0.2, 0) is 6.54 Å². The lowest BCUT2D eigenvalue weighted by Gasteiger charge is -2.32. The molecule has 4 rings (SSSR count). The van der Waals surface area contributed by atoms with Gasteiger partial charge in [0, 0.05) is 37.5 Å². The molecule has 0 saturated carbocycles. The van der Waals surface area contributed by atoms with Crippen LogP contribution in [0.15, 0.2) is 42.7 Å². The van der Waals surface area contributed by atoms with Crippen LogP contribution in [0.1, 0.15) is 35.8 Å². The summed E-state index contributed by atoms with van der Waals surface area (Å²) in [4.78, 5) is 11.4. The largest absolute Gasteiger partial charge is 0.297 e. The van der Waals surface area contributed by atoms with Gasteiger partial charge in [0.2, 0.25) is 0 Å². The van der Waals surface area contributed by atoms with Gasteiger partial charge in [-0.05, 0) is 44.5 Å². The predicted octanol–water partition coefficient (Wildman–Crippen LogP) is 2.81. The standard InChI is InChI=1S/C18H21N5/c1-14-11-18-20-9-7-17(23(18)21-14)15-5-4-10-22(12-15)13-16-6-2-3-8-19-16/h2-3,6-9,11,15H,4-5,10,12-13H2,1H3. The highest BCUT2D eigenvalue weighted by molar-refractivity contribution is 5.40. The smallest absolute Gasteiger partial charge is 0.155 e. The number of rotatable bonds is 3. The lowest BCUT2D eigenvalue weighted by molar-refractivity contribution is 0.195. The summed E-state index contributed by atoms with van der Waals surface area (Å²) in [5.41, 5.74) is 4.38. The zero-order valence-corrected chi connectivity index (χ0v) is 13.4. The average Bonchev–Trinajstić information content (AvgIpc) is 2.96. The summed E-state index contributed by atoms with van der Waals surface area (Å²) in [6.45, 7) is 5.13. The van der Waals surface area contributed by atoms with Gasteiger partial charge in [0.15, 0.2) is 5.65 Å². The van der Waals surface area contributed by atoms with Crippen molar-refractivity contribution in [3.8, 4) is 0 Å². The molecule has 0 spiro atoms. The van der Waals surface area contributed by atoms with Crippen molar-refractivity contribution in [1.29, 1.82) is 0 Å². The fourth-order valence-electron chi connectivity index (χ4n) is 3.50. The molecular weight excluding hydrogens is 286 g/mol. The maximum atomic E-state index is 4.62. The van der Waals surface area contributed by atoms with Gasteiger partial charge in [-0.25, -0.2) is 9.50 Å². The zero-order valence-electron chi connectivity index (χ0n) is 13.4. The van der Waals surface area contributed by atoms with Crippen molar-refractivity contribution in [1.82, 2.24) is 24.5 Å². The number of hydrogen-bond acceptors (Lipinski definition) is 4. The Kier molecular flexibility index (Phi) is 3.79. The van der Waals surface area contributed by atoms with Crippen LogP contribution in [-0.4, -0.2) is 37.6 Å². The first-order chi connectivity index (χ1) is 11.3. The predicted molar refractivity (Wildman–Crippen MR) is 89.2 cm³/mol. The van der Waals surface area contributed by atoms with Crippen LogP contribution in [0.5, 0.6) is 0 Å². The minimum Gasteiger partial charge on any atom is -0.297 e. The second-order valence-electron chi connectivity index (χ2n) is 6.32. The third-order valence-electron chi connectivity index (χ3n) is 4.54. The molecule has 23 heavy (non-hydrogen) atoms. The molecule has 118 valence electrons. The number of hydrogen-bond donors (Lipinski definition) is 0. The lowest BCUT2D eigenvalue weighted by Crippen LogP contribution is -2.34. The van der Waals surface area contributed by atoms with E-state index in [-0.39, 0.29) is 0 Å². The molecule has 0 aromatic carbocycles. The number of aryl methyl sites for hydroxylation is 1. The molecule has 1 saturated heterocycles. The summed E-state index contributed by atoms with van der Waals surface area (Å²) >= 11 is 0. The Morgan fingerprint density at radius 3 is 3.00 bits per heavy atom. The number of likely N-dealkylation sites (tertiary alicyclic amines) is 1. The Hall–Kier alpha value is -2.27. The third kappa shape index (κ3) is 2.97. The highest BCUT2D eigenvalue weighted by Crippen LogP contribution is 2.27. The van der Waals surface area contributed by atoms with E-state index < -0.39 is 0 Å². The van der Waals surface area contributed by atoms with E-state index in [1.807, 2.05) is 36.0 Å². The Morgan fingerprint density at radius 2 is 2.13 bits per heavy atom. The highest BCUT2D eigenvalue weighted by Gasteiger charge is 2.24. The highest BCUT2D eigenvalue weighted by atomic mass is 15.3. The number of fused-ring (bicyclic) bond motifs is 1. The monoisotopic (exact) mass is 307 g/mol. The van der Waals surface area contributed by atoms with Crippen molar-refractivity contribution < 1.29 is 0 Å². The first-order valence-electron chi connectivity index (χ1n) is 8.23. The van der Waals surface area contributed by atoms with Crippen molar-refractivity contribution in [2.45, 2.75) is 32.2 Å².